The number of morpholine rings is 1. The third-order valence-corrected chi connectivity index (χ3v) is 1.99. The number of unbranched alkanes of at least 4 members (excludes halogenated alkanes) is 1. The van der Waals surface area contributed by atoms with Crippen molar-refractivity contribution in [3.05, 3.63) is 0 Å². The number of rotatable bonds is 4. The maximum Gasteiger partial charge on any atom is 0.0594 e. The van der Waals surface area contributed by atoms with Crippen molar-refractivity contribution >= 4 is 0 Å². The predicted octanol–water partition coefficient (Wildman–Crippen LogP) is 1.12. The molecule has 1 rings (SSSR count). The summed E-state index contributed by atoms with van der Waals surface area (Å²) in [6.07, 6.45) is 2.04. The molecule has 1 aliphatic heterocycles. The summed E-state index contributed by atoms with van der Waals surface area (Å²) in [5.41, 5.74) is 0. The van der Waals surface area contributed by atoms with Crippen LogP contribution in [0.25, 0.3) is 0 Å². The second kappa shape index (κ2) is 9.96. The predicted molar refractivity (Wildman–Crippen MR) is 54.9 cm³/mol. The number of hydrogen-bond acceptors (Lipinski definition) is 3. The van der Waals surface area contributed by atoms with E-state index < -0.39 is 0 Å². The van der Waals surface area contributed by atoms with Crippen molar-refractivity contribution in [2.24, 2.45) is 0 Å². The molecule has 0 amide bonds. The highest BCUT2D eigenvalue weighted by molar-refractivity contribution is 4.61. The summed E-state index contributed by atoms with van der Waals surface area (Å²) in [5.74, 6) is 0. The largest absolute Gasteiger partial charge is 0.396 e. The molecule has 80 valence electrons. The van der Waals surface area contributed by atoms with Crippen LogP contribution < -0.4 is 0 Å². The van der Waals surface area contributed by atoms with Gasteiger partial charge in [0, 0.05) is 19.7 Å². The summed E-state index contributed by atoms with van der Waals surface area (Å²) in [4.78, 5) is 2.39. The van der Waals surface area contributed by atoms with Crippen LogP contribution in [0.1, 0.15) is 26.7 Å². The van der Waals surface area contributed by atoms with Crippen LogP contribution in [0, 0.1) is 0 Å². The highest BCUT2D eigenvalue weighted by Gasteiger charge is 2.08. The number of nitrogens with zero attached hydrogens (tertiary/aromatic N) is 1. The lowest BCUT2D eigenvalue weighted by molar-refractivity contribution is 0.0366. The van der Waals surface area contributed by atoms with E-state index in [4.69, 9.17) is 9.84 Å². The van der Waals surface area contributed by atoms with E-state index in [1.807, 2.05) is 13.8 Å². The third kappa shape index (κ3) is 6.99. The second-order valence-electron chi connectivity index (χ2n) is 2.88. The van der Waals surface area contributed by atoms with Gasteiger partial charge >= 0.3 is 0 Å². The Bertz CT molecular complexity index is 92.9. The molecule has 1 saturated heterocycles. The topological polar surface area (TPSA) is 32.7 Å². The minimum absolute atomic E-state index is 0.324. The fourth-order valence-corrected chi connectivity index (χ4v) is 1.27. The summed E-state index contributed by atoms with van der Waals surface area (Å²) < 4.78 is 5.21. The van der Waals surface area contributed by atoms with E-state index in [0.717, 1.165) is 45.7 Å². The van der Waals surface area contributed by atoms with Crippen molar-refractivity contribution in [1.82, 2.24) is 4.90 Å². The second-order valence-corrected chi connectivity index (χ2v) is 2.88. The zero-order valence-electron chi connectivity index (χ0n) is 8.96. The molecule has 3 heteroatoms. The van der Waals surface area contributed by atoms with Crippen LogP contribution in [0.5, 0.6) is 0 Å². The van der Waals surface area contributed by atoms with Crippen LogP contribution in [0.15, 0.2) is 0 Å². The van der Waals surface area contributed by atoms with E-state index in [9.17, 15) is 0 Å². The monoisotopic (exact) mass is 189 g/mol. The van der Waals surface area contributed by atoms with E-state index in [1.54, 1.807) is 0 Å². The molecule has 0 aliphatic carbocycles. The molecule has 1 N–H and O–H groups in total. The van der Waals surface area contributed by atoms with Crippen molar-refractivity contribution in [1.29, 1.82) is 0 Å². The summed E-state index contributed by atoms with van der Waals surface area (Å²) in [7, 11) is 0. The van der Waals surface area contributed by atoms with Crippen molar-refractivity contribution in [3.8, 4) is 0 Å². The van der Waals surface area contributed by atoms with E-state index in [-0.39, 0.29) is 0 Å². The molecule has 1 heterocycles. The van der Waals surface area contributed by atoms with Crippen molar-refractivity contribution < 1.29 is 9.84 Å². The van der Waals surface area contributed by atoms with E-state index in [1.165, 1.54) is 0 Å². The first-order valence-electron chi connectivity index (χ1n) is 5.34. The smallest absolute Gasteiger partial charge is 0.0594 e. The number of aliphatic hydroxyl groups is 1. The number of ether oxygens (including phenoxy) is 1. The first kappa shape index (κ1) is 12.9. The Morgan fingerprint density at radius 1 is 1.15 bits per heavy atom. The van der Waals surface area contributed by atoms with E-state index >= 15 is 0 Å². The molecule has 0 atom stereocenters. The van der Waals surface area contributed by atoms with Gasteiger partial charge in [-0.3, -0.25) is 4.90 Å². The lowest BCUT2D eigenvalue weighted by Gasteiger charge is -2.26. The van der Waals surface area contributed by atoms with Crippen molar-refractivity contribution in [2.45, 2.75) is 26.7 Å². The van der Waals surface area contributed by atoms with E-state index in [2.05, 4.69) is 4.90 Å². The van der Waals surface area contributed by atoms with Gasteiger partial charge in [-0.05, 0) is 19.4 Å². The quantitative estimate of drug-likeness (QED) is 0.673. The molecule has 0 unspecified atom stereocenters. The van der Waals surface area contributed by atoms with Crippen LogP contribution in [0.4, 0.5) is 0 Å². The van der Waals surface area contributed by atoms with E-state index in [0.29, 0.717) is 6.61 Å². The molecule has 0 radical (unpaired) electrons. The molecule has 0 spiro atoms. The van der Waals surface area contributed by atoms with Gasteiger partial charge in [0.15, 0.2) is 0 Å². The van der Waals surface area contributed by atoms with Gasteiger partial charge < -0.3 is 9.84 Å². The van der Waals surface area contributed by atoms with Gasteiger partial charge in [0.2, 0.25) is 0 Å². The summed E-state index contributed by atoms with van der Waals surface area (Å²) >= 11 is 0. The van der Waals surface area contributed by atoms with Gasteiger partial charge in [-0.2, -0.15) is 0 Å². The summed E-state index contributed by atoms with van der Waals surface area (Å²) in [5, 5.41) is 8.55. The molecular formula is C10H23NO2. The Hall–Kier alpha value is -0.120. The fraction of sp³-hybridized carbons (Fsp3) is 1.00. The third-order valence-electron chi connectivity index (χ3n) is 1.99. The molecule has 0 aromatic heterocycles. The molecular weight excluding hydrogens is 166 g/mol. The maximum absolute atomic E-state index is 8.55. The Morgan fingerprint density at radius 3 is 2.31 bits per heavy atom. The SMILES string of the molecule is CC.OCCCCN1CCOCC1. The van der Waals surface area contributed by atoms with Crippen molar-refractivity contribution in [3.63, 3.8) is 0 Å². The molecule has 1 fully saturated rings. The van der Waals surface area contributed by atoms with Crippen LogP contribution in [-0.4, -0.2) is 49.5 Å². The van der Waals surface area contributed by atoms with Gasteiger partial charge in [-0.25, -0.2) is 0 Å². The molecule has 0 aromatic carbocycles. The Balaban J connectivity index is 0.000000671. The Labute approximate surface area is 81.7 Å². The zero-order valence-corrected chi connectivity index (χ0v) is 8.96. The highest BCUT2D eigenvalue weighted by Crippen LogP contribution is 1.99. The number of aliphatic hydroxyl groups excluding tert-OH is 1. The highest BCUT2D eigenvalue weighted by atomic mass is 16.5. The molecule has 1 aliphatic rings. The van der Waals surface area contributed by atoms with Gasteiger partial charge in [0.05, 0.1) is 13.2 Å². The van der Waals surface area contributed by atoms with Crippen LogP contribution in [0.2, 0.25) is 0 Å². The standard InChI is InChI=1S/C8H17NO2.C2H6/c10-6-2-1-3-9-4-7-11-8-5-9;1-2/h10H,1-8H2;1-2H3. The lowest BCUT2D eigenvalue weighted by Crippen LogP contribution is -2.36. The molecule has 0 bridgehead atoms. The summed E-state index contributed by atoms with van der Waals surface area (Å²) in [6.45, 7) is 9.31. The molecule has 0 saturated carbocycles. The van der Waals surface area contributed by atoms with Crippen LogP contribution in [-0.2, 0) is 4.74 Å². The minimum atomic E-state index is 0.324. The fourth-order valence-electron chi connectivity index (χ4n) is 1.27. The van der Waals surface area contributed by atoms with Gasteiger partial charge in [0.1, 0.15) is 0 Å². The first-order chi connectivity index (χ1) is 6.43. The van der Waals surface area contributed by atoms with Crippen molar-refractivity contribution in [2.75, 3.05) is 39.5 Å². The van der Waals surface area contributed by atoms with Gasteiger partial charge in [-0.15, -0.1) is 0 Å². The lowest BCUT2D eigenvalue weighted by atomic mass is 10.3. The number of hydrogen-bond donors (Lipinski definition) is 1. The average molecular weight is 189 g/mol. The average Bonchev–Trinajstić information content (AvgIpc) is 2.23. The molecule has 13 heavy (non-hydrogen) atoms. The van der Waals surface area contributed by atoms with Crippen LogP contribution >= 0.6 is 0 Å². The van der Waals surface area contributed by atoms with Gasteiger partial charge in [0.25, 0.3) is 0 Å². The Morgan fingerprint density at radius 2 is 1.77 bits per heavy atom. The Kier molecular flexibility index (Phi) is 9.87. The molecule has 0 aromatic rings. The van der Waals surface area contributed by atoms with Gasteiger partial charge in [-0.1, -0.05) is 13.8 Å². The minimum Gasteiger partial charge on any atom is -0.396 e. The maximum atomic E-state index is 8.55. The zero-order chi connectivity index (χ0) is 9.94. The molecule has 3 nitrogen and oxygen atoms in total. The first-order valence-corrected chi connectivity index (χ1v) is 5.34. The normalized spacial score (nSPS) is 17.8. The van der Waals surface area contributed by atoms with Crippen LogP contribution in [0.3, 0.4) is 0 Å². The summed E-state index contributed by atoms with van der Waals surface area (Å²) in [6, 6.07) is 0.